The molecule has 156 valence electrons. The maximum Gasteiger partial charge on any atom is 0.270 e. The standard InChI is InChI=1S/C23H20N4O3S/c1-14-19(15(2)26(3)25-14)13-20-21(28)24-23(31)27(22(20)29)16-9-11-18(12-10-16)30-17-7-5-4-6-8-17/h4-13H,1-3H3,(H,24,28,31)/b20-13-. The molecule has 8 heteroatoms. The summed E-state index contributed by atoms with van der Waals surface area (Å²) < 4.78 is 7.50. The van der Waals surface area contributed by atoms with E-state index in [-0.39, 0.29) is 10.7 Å². The quantitative estimate of drug-likeness (QED) is 0.387. The normalized spacial score (nSPS) is 15.4. The number of amides is 2. The molecule has 2 aromatic carbocycles. The lowest BCUT2D eigenvalue weighted by Crippen LogP contribution is -2.54. The molecule has 0 atom stereocenters. The van der Waals surface area contributed by atoms with Crippen LogP contribution in [0.1, 0.15) is 17.0 Å². The van der Waals surface area contributed by atoms with Crippen molar-refractivity contribution in [2.75, 3.05) is 4.90 Å². The van der Waals surface area contributed by atoms with Crippen LogP contribution < -0.4 is 15.0 Å². The summed E-state index contributed by atoms with van der Waals surface area (Å²) in [5.74, 6) is 0.303. The zero-order chi connectivity index (χ0) is 22.1. The molecule has 1 aliphatic rings. The van der Waals surface area contributed by atoms with Gasteiger partial charge in [-0.05, 0) is 68.5 Å². The number of hydrogen-bond donors (Lipinski definition) is 1. The van der Waals surface area contributed by atoms with Crippen molar-refractivity contribution in [3.8, 4) is 11.5 Å². The summed E-state index contributed by atoms with van der Waals surface area (Å²) in [6, 6.07) is 16.3. The summed E-state index contributed by atoms with van der Waals surface area (Å²) in [5.41, 5.74) is 2.85. The van der Waals surface area contributed by atoms with E-state index in [1.807, 2.05) is 51.2 Å². The summed E-state index contributed by atoms with van der Waals surface area (Å²) in [4.78, 5) is 27.0. The average Bonchev–Trinajstić information content (AvgIpc) is 2.98. The number of nitrogens with zero attached hydrogens (tertiary/aromatic N) is 3. The molecule has 1 aliphatic heterocycles. The number of aromatic nitrogens is 2. The summed E-state index contributed by atoms with van der Waals surface area (Å²) in [7, 11) is 1.81. The summed E-state index contributed by atoms with van der Waals surface area (Å²) in [5, 5.41) is 6.97. The number of ether oxygens (including phenoxy) is 1. The zero-order valence-electron chi connectivity index (χ0n) is 17.2. The Balaban J connectivity index is 1.63. The van der Waals surface area contributed by atoms with Gasteiger partial charge in [0.05, 0.1) is 11.4 Å². The minimum Gasteiger partial charge on any atom is -0.457 e. The highest BCUT2D eigenvalue weighted by Crippen LogP contribution is 2.27. The lowest BCUT2D eigenvalue weighted by Gasteiger charge is -2.29. The molecule has 2 amide bonds. The molecule has 7 nitrogen and oxygen atoms in total. The molecule has 4 rings (SSSR count). The molecule has 1 saturated heterocycles. The van der Waals surface area contributed by atoms with E-state index in [1.165, 1.54) is 4.90 Å². The fourth-order valence-electron chi connectivity index (χ4n) is 3.32. The third kappa shape index (κ3) is 3.97. The van der Waals surface area contributed by atoms with Gasteiger partial charge in [0, 0.05) is 18.3 Å². The van der Waals surface area contributed by atoms with E-state index in [0.29, 0.717) is 17.2 Å². The van der Waals surface area contributed by atoms with Crippen molar-refractivity contribution in [3.63, 3.8) is 0 Å². The van der Waals surface area contributed by atoms with Crippen LogP contribution in [0.4, 0.5) is 5.69 Å². The van der Waals surface area contributed by atoms with Gasteiger partial charge < -0.3 is 4.74 Å². The fraction of sp³-hybridized carbons (Fsp3) is 0.130. The Labute approximate surface area is 184 Å². The van der Waals surface area contributed by atoms with Crippen LogP contribution in [-0.4, -0.2) is 26.7 Å². The van der Waals surface area contributed by atoms with Gasteiger partial charge in [0.15, 0.2) is 5.11 Å². The monoisotopic (exact) mass is 432 g/mol. The highest BCUT2D eigenvalue weighted by Gasteiger charge is 2.34. The second-order valence-electron chi connectivity index (χ2n) is 7.07. The first-order chi connectivity index (χ1) is 14.8. The van der Waals surface area contributed by atoms with Crippen LogP contribution in [0.5, 0.6) is 11.5 Å². The van der Waals surface area contributed by atoms with E-state index in [9.17, 15) is 9.59 Å². The number of aryl methyl sites for hydroxylation is 2. The van der Waals surface area contributed by atoms with Crippen molar-refractivity contribution < 1.29 is 14.3 Å². The molecule has 31 heavy (non-hydrogen) atoms. The number of nitrogens with one attached hydrogen (secondary N) is 1. The van der Waals surface area contributed by atoms with Crippen molar-refractivity contribution in [1.82, 2.24) is 15.1 Å². The first-order valence-electron chi connectivity index (χ1n) is 9.60. The van der Waals surface area contributed by atoms with Gasteiger partial charge in [-0.25, -0.2) is 0 Å². The fourth-order valence-corrected chi connectivity index (χ4v) is 3.60. The van der Waals surface area contributed by atoms with E-state index >= 15 is 0 Å². The Morgan fingerprint density at radius 1 is 1.00 bits per heavy atom. The number of carbonyl (C=O) groups is 2. The SMILES string of the molecule is Cc1nn(C)c(C)c1/C=C1/C(=O)NC(=S)N(c2ccc(Oc3ccccc3)cc2)C1=O. The van der Waals surface area contributed by atoms with Gasteiger partial charge in [-0.15, -0.1) is 0 Å². The largest absolute Gasteiger partial charge is 0.457 e. The molecule has 0 unspecified atom stereocenters. The molecule has 1 aromatic heterocycles. The van der Waals surface area contributed by atoms with Gasteiger partial charge in [0.1, 0.15) is 17.1 Å². The van der Waals surface area contributed by atoms with E-state index < -0.39 is 11.8 Å². The first-order valence-corrected chi connectivity index (χ1v) is 10.0. The Morgan fingerprint density at radius 2 is 1.65 bits per heavy atom. The third-order valence-corrected chi connectivity index (χ3v) is 5.31. The third-order valence-electron chi connectivity index (χ3n) is 5.03. The topological polar surface area (TPSA) is 76.5 Å². The lowest BCUT2D eigenvalue weighted by molar-refractivity contribution is -0.122. The molecule has 0 radical (unpaired) electrons. The zero-order valence-corrected chi connectivity index (χ0v) is 18.1. The van der Waals surface area contributed by atoms with Crippen molar-refractivity contribution in [2.45, 2.75) is 13.8 Å². The highest BCUT2D eigenvalue weighted by atomic mass is 32.1. The number of rotatable bonds is 4. The number of carbonyl (C=O) groups excluding carboxylic acids is 2. The predicted octanol–water partition coefficient (Wildman–Crippen LogP) is 3.66. The molecule has 0 saturated carbocycles. The van der Waals surface area contributed by atoms with Crippen LogP contribution in [0, 0.1) is 13.8 Å². The lowest BCUT2D eigenvalue weighted by atomic mass is 10.1. The van der Waals surface area contributed by atoms with Crippen LogP contribution in [0.15, 0.2) is 60.2 Å². The Bertz CT molecular complexity index is 1210. The summed E-state index contributed by atoms with van der Waals surface area (Å²) in [6.45, 7) is 3.71. The second kappa shape index (κ2) is 8.16. The molecule has 0 bridgehead atoms. The summed E-state index contributed by atoms with van der Waals surface area (Å²) in [6.07, 6.45) is 1.57. The Hall–Kier alpha value is -3.78. The number of hydrogen-bond acceptors (Lipinski definition) is 5. The maximum atomic E-state index is 13.2. The van der Waals surface area contributed by atoms with Gasteiger partial charge in [-0.1, -0.05) is 18.2 Å². The van der Waals surface area contributed by atoms with Gasteiger partial charge in [0.25, 0.3) is 11.8 Å². The van der Waals surface area contributed by atoms with Crippen molar-refractivity contribution in [1.29, 1.82) is 0 Å². The minimum absolute atomic E-state index is 0.00240. The first kappa shape index (κ1) is 20.5. The van der Waals surface area contributed by atoms with Crippen molar-refractivity contribution >= 4 is 40.9 Å². The van der Waals surface area contributed by atoms with Crippen LogP contribution in [-0.2, 0) is 16.6 Å². The van der Waals surface area contributed by atoms with Gasteiger partial charge in [-0.3, -0.25) is 24.5 Å². The molecular formula is C23H20N4O3S. The smallest absolute Gasteiger partial charge is 0.270 e. The Morgan fingerprint density at radius 3 is 2.26 bits per heavy atom. The second-order valence-corrected chi connectivity index (χ2v) is 7.46. The molecule has 1 fully saturated rings. The minimum atomic E-state index is -0.530. The molecule has 1 N–H and O–H groups in total. The van der Waals surface area contributed by atoms with Crippen LogP contribution in [0.3, 0.4) is 0 Å². The van der Waals surface area contributed by atoms with Crippen molar-refractivity contribution in [3.05, 3.63) is 77.1 Å². The molecule has 3 aromatic rings. The van der Waals surface area contributed by atoms with E-state index in [1.54, 1.807) is 35.0 Å². The average molecular weight is 433 g/mol. The number of benzene rings is 2. The number of anilines is 1. The van der Waals surface area contributed by atoms with E-state index in [0.717, 1.165) is 17.0 Å². The molecule has 0 aliphatic carbocycles. The number of para-hydroxylation sites is 1. The van der Waals surface area contributed by atoms with E-state index in [4.69, 9.17) is 17.0 Å². The van der Waals surface area contributed by atoms with Gasteiger partial charge in [0.2, 0.25) is 0 Å². The highest BCUT2D eigenvalue weighted by molar-refractivity contribution is 7.80. The van der Waals surface area contributed by atoms with Crippen LogP contribution in [0.2, 0.25) is 0 Å². The molecule has 2 heterocycles. The maximum absolute atomic E-state index is 13.2. The molecular weight excluding hydrogens is 412 g/mol. The summed E-state index contributed by atoms with van der Waals surface area (Å²) >= 11 is 5.27. The van der Waals surface area contributed by atoms with E-state index in [2.05, 4.69) is 10.4 Å². The van der Waals surface area contributed by atoms with Crippen molar-refractivity contribution in [2.24, 2.45) is 7.05 Å². The van der Waals surface area contributed by atoms with Crippen LogP contribution >= 0.6 is 12.2 Å². The van der Waals surface area contributed by atoms with Crippen LogP contribution in [0.25, 0.3) is 6.08 Å². The molecule has 0 spiro atoms. The Kier molecular flexibility index (Phi) is 5.39. The van der Waals surface area contributed by atoms with Gasteiger partial charge in [-0.2, -0.15) is 5.10 Å². The van der Waals surface area contributed by atoms with Gasteiger partial charge >= 0.3 is 0 Å². The predicted molar refractivity (Wildman–Crippen MR) is 122 cm³/mol. The number of thiocarbonyl (C=S) groups is 1.